The second-order valence-corrected chi connectivity index (χ2v) is 5.23. The summed E-state index contributed by atoms with van der Waals surface area (Å²) in [6.45, 7) is 2.22. The van der Waals surface area contributed by atoms with Crippen LogP contribution in [0.25, 0.3) is 0 Å². The highest BCUT2D eigenvalue weighted by atomic mass is 127. The molecule has 0 amide bonds. The van der Waals surface area contributed by atoms with Gasteiger partial charge in [-0.05, 0) is 53.8 Å². The van der Waals surface area contributed by atoms with Gasteiger partial charge in [0.2, 0.25) is 0 Å². The van der Waals surface area contributed by atoms with Gasteiger partial charge in [-0.1, -0.05) is 37.4 Å². The van der Waals surface area contributed by atoms with Crippen LogP contribution in [-0.4, -0.2) is 7.05 Å². The number of halogens is 2. The van der Waals surface area contributed by atoms with Crippen LogP contribution in [0.5, 0.6) is 0 Å². The summed E-state index contributed by atoms with van der Waals surface area (Å²) < 4.78 is 1.11. The van der Waals surface area contributed by atoms with Crippen molar-refractivity contribution in [3.63, 3.8) is 0 Å². The molecule has 1 N–H and O–H groups in total. The zero-order chi connectivity index (χ0) is 11.3. The molecule has 1 aromatic rings. The summed E-state index contributed by atoms with van der Waals surface area (Å²) in [5.74, 6) is 0. The van der Waals surface area contributed by atoms with Gasteiger partial charge in [-0.15, -0.1) is 0 Å². The molecule has 1 rings (SSSR count). The number of hydrogen-bond donors (Lipinski definition) is 1. The molecule has 1 nitrogen and oxygen atoms in total. The Kier molecular flexibility index (Phi) is 5.94. The quantitative estimate of drug-likeness (QED) is 0.786. The highest BCUT2D eigenvalue weighted by Gasteiger charge is 2.09. The number of rotatable bonds is 5. The van der Waals surface area contributed by atoms with Gasteiger partial charge in [-0.2, -0.15) is 0 Å². The Morgan fingerprint density at radius 1 is 1.47 bits per heavy atom. The molecule has 0 heterocycles. The van der Waals surface area contributed by atoms with E-state index < -0.39 is 0 Å². The Morgan fingerprint density at radius 2 is 2.20 bits per heavy atom. The summed E-state index contributed by atoms with van der Waals surface area (Å²) in [5.41, 5.74) is 1.29. The Labute approximate surface area is 111 Å². The average Bonchev–Trinajstić information content (AvgIpc) is 2.24. The molecule has 0 aliphatic heterocycles. The third-order valence-corrected chi connectivity index (χ3v) is 4.11. The predicted octanol–water partition coefficient (Wildman–Crippen LogP) is 4.40. The Morgan fingerprint density at radius 3 is 2.73 bits per heavy atom. The first-order valence-electron chi connectivity index (χ1n) is 5.31. The summed E-state index contributed by atoms with van der Waals surface area (Å²) in [6, 6.07) is 6.73. The molecular formula is C12H17ClIN. The Balaban J connectivity index is 2.78. The monoisotopic (exact) mass is 337 g/mol. The molecule has 0 saturated heterocycles. The van der Waals surface area contributed by atoms with E-state index in [4.69, 9.17) is 11.6 Å². The first-order valence-corrected chi connectivity index (χ1v) is 6.77. The van der Waals surface area contributed by atoms with Crippen molar-refractivity contribution in [3.8, 4) is 0 Å². The van der Waals surface area contributed by atoms with Crippen molar-refractivity contribution in [3.05, 3.63) is 32.4 Å². The zero-order valence-electron chi connectivity index (χ0n) is 9.19. The van der Waals surface area contributed by atoms with Crippen LogP contribution in [-0.2, 0) is 0 Å². The minimum absolute atomic E-state index is 0.430. The maximum absolute atomic E-state index is 6.11. The van der Waals surface area contributed by atoms with Gasteiger partial charge >= 0.3 is 0 Å². The topological polar surface area (TPSA) is 12.0 Å². The lowest BCUT2D eigenvalue weighted by Gasteiger charge is -2.16. The van der Waals surface area contributed by atoms with Crippen molar-refractivity contribution in [1.29, 1.82) is 0 Å². The fraction of sp³-hybridized carbons (Fsp3) is 0.500. The standard InChI is InChI=1S/C12H17ClIN/c1-3-4-5-12(15-2)9-6-7-11(14)10(13)8-9/h6-8,12,15H,3-5H2,1-2H3. The molecule has 0 bridgehead atoms. The van der Waals surface area contributed by atoms with Gasteiger partial charge in [0.1, 0.15) is 0 Å². The van der Waals surface area contributed by atoms with Gasteiger partial charge < -0.3 is 5.32 Å². The summed E-state index contributed by atoms with van der Waals surface area (Å²) in [5, 5.41) is 4.19. The van der Waals surface area contributed by atoms with Crippen molar-refractivity contribution in [2.75, 3.05) is 7.05 Å². The first-order chi connectivity index (χ1) is 7.19. The van der Waals surface area contributed by atoms with E-state index in [1.807, 2.05) is 7.05 Å². The van der Waals surface area contributed by atoms with Crippen LogP contribution in [0.15, 0.2) is 18.2 Å². The minimum Gasteiger partial charge on any atom is -0.313 e. The van der Waals surface area contributed by atoms with Crippen LogP contribution in [0.3, 0.4) is 0 Å². The van der Waals surface area contributed by atoms with E-state index in [0.717, 1.165) is 8.59 Å². The molecule has 3 heteroatoms. The largest absolute Gasteiger partial charge is 0.313 e. The number of unbranched alkanes of at least 4 members (excludes halogenated alkanes) is 1. The predicted molar refractivity (Wildman–Crippen MR) is 75.5 cm³/mol. The maximum atomic E-state index is 6.11. The van der Waals surface area contributed by atoms with E-state index in [9.17, 15) is 0 Å². The van der Waals surface area contributed by atoms with Gasteiger partial charge in [0.05, 0.1) is 5.02 Å². The normalized spacial score (nSPS) is 12.8. The van der Waals surface area contributed by atoms with Gasteiger partial charge in [-0.3, -0.25) is 0 Å². The van der Waals surface area contributed by atoms with Crippen LogP contribution >= 0.6 is 34.2 Å². The van der Waals surface area contributed by atoms with Gasteiger partial charge in [0.15, 0.2) is 0 Å². The Hall–Kier alpha value is 0.200. The van der Waals surface area contributed by atoms with E-state index in [-0.39, 0.29) is 0 Å². The summed E-state index contributed by atoms with van der Waals surface area (Å²) in [6.07, 6.45) is 3.65. The van der Waals surface area contributed by atoms with Crippen molar-refractivity contribution >= 4 is 34.2 Å². The first kappa shape index (κ1) is 13.3. The van der Waals surface area contributed by atoms with E-state index in [0.29, 0.717) is 6.04 Å². The second kappa shape index (κ2) is 6.71. The summed E-state index contributed by atoms with van der Waals surface area (Å²) >= 11 is 8.37. The van der Waals surface area contributed by atoms with E-state index in [2.05, 4.69) is 53.0 Å². The molecular weight excluding hydrogens is 320 g/mol. The SMILES string of the molecule is CCCCC(NC)c1ccc(I)c(Cl)c1. The van der Waals surface area contributed by atoms with Crippen LogP contribution < -0.4 is 5.32 Å². The molecule has 15 heavy (non-hydrogen) atoms. The van der Waals surface area contributed by atoms with E-state index in [1.165, 1.54) is 24.8 Å². The van der Waals surface area contributed by atoms with Crippen LogP contribution in [0.2, 0.25) is 5.02 Å². The van der Waals surface area contributed by atoms with Crippen molar-refractivity contribution in [2.24, 2.45) is 0 Å². The molecule has 1 unspecified atom stereocenters. The lowest BCUT2D eigenvalue weighted by Crippen LogP contribution is -2.16. The highest BCUT2D eigenvalue weighted by Crippen LogP contribution is 2.25. The molecule has 0 saturated carbocycles. The van der Waals surface area contributed by atoms with Gasteiger partial charge in [0, 0.05) is 9.61 Å². The van der Waals surface area contributed by atoms with Crippen LogP contribution in [0.1, 0.15) is 37.8 Å². The molecule has 0 aliphatic carbocycles. The van der Waals surface area contributed by atoms with Gasteiger partial charge in [-0.25, -0.2) is 0 Å². The molecule has 1 atom stereocenters. The number of benzene rings is 1. The Bertz CT molecular complexity index is 314. The molecule has 0 radical (unpaired) electrons. The van der Waals surface area contributed by atoms with Crippen LogP contribution in [0.4, 0.5) is 0 Å². The highest BCUT2D eigenvalue weighted by molar-refractivity contribution is 14.1. The van der Waals surface area contributed by atoms with E-state index >= 15 is 0 Å². The molecule has 0 aliphatic rings. The third kappa shape index (κ3) is 3.93. The number of nitrogens with one attached hydrogen (secondary N) is 1. The minimum atomic E-state index is 0.430. The lowest BCUT2D eigenvalue weighted by atomic mass is 10.0. The second-order valence-electron chi connectivity index (χ2n) is 3.66. The smallest absolute Gasteiger partial charge is 0.0542 e. The van der Waals surface area contributed by atoms with Crippen molar-refractivity contribution in [1.82, 2.24) is 5.32 Å². The number of hydrogen-bond acceptors (Lipinski definition) is 1. The summed E-state index contributed by atoms with van der Waals surface area (Å²) in [7, 11) is 2.01. The molecule has 0 spiro atoms. The maximum Gasteiger partial charge on any atom is 0.0542 e. The third-order valence-electron chi connectivity index (χ3n) is 2.54. The van der Waals surface area contributed by atoms with Crippen LogP contribution in [0, 0.1) is 3.57 Å². The molecule has 1 aromatic carbocycles. The summed E-state index contributed by atoms with van der Waals surface area (Å²) in [4.78, 5) is 0. The molecule has 0 aromatic heterocycles. The van der Waals surface area contributed by atoms with Crippen molar-refractivity contribution < 1.29 is 0 Å². The van der Waals surface area contributed by atoms with Crippen molar-refractivity contribution in [2.45, 2.75) is 32.2 Å². The molecule has 0 fully saturated rings. The van der Waals surface area contributed by atoms with E-state index in [1.54, 1.807) is 0 Å². The zero-order valence-corrected chi connectivity index (χ0v) is 12.1. The average molecular weight is 338 g/mol. The fourth-order valence-electron chi connectivity index (χ4n) is 1.62. The fourth-order valence-corrected chi connectivity index (χ4v) is 2.14. The van der Waals surface area contributed by atoms with Gasteiger partial charge in [0.25, 0.3) is 0 Å². The lowest BCUT2D eigenvalue weighted by molar-refractivity contribution is 0.523. The molecule has 84 valence electrons.